The quantitative estimate of drug-likeness (QED) is 0.799. The van der Waals surface area contributed by atoms with Gasteiger partial charge in [0, 0.05) is 11.0 Å². The predicted molar refractivity (Wildman–Crippen MR) is 89.1 cm³/mol. The molecule has 1 amide bonds. The fourth-order valence-electron chi connectivity index (χ4n) is 3.01. The topological polar surface area (TPSA) is 32.3 Å². The first kappa shape index (κ1) is 17.2. The Balaban J connectivity index is 2.13. The van der Waals surface area contributed by atoms with E-state index in [1.807, 2.05) is 0 Å². The third kappa shape index (κ3) is 3.02. The van der Waals surface area contributed by atoms with Gasteiger partial charge in [-0.15, -0.1) is 0 Å². The molecule has 2 aromatic carbocycles. The van der Waals surface area contributed by atoms with Crippen molar-refractivity contribution < 1.29 is 18.0 Å². The maximum Gasteiger partial charge on any atom is 0.409 e. The average molecular weight is 401 g/mol. The SMILES string of the molecule is CC1(C)CN([C@@H](c2cccc3cc(Br)ccc23)C(F)(F)F)NC1=O. The van der Waals surface area contributed by atoms with E-state index in [-0.39, 0.29) is 12.1 Å². The molecule has 0 saturated carbocycles. The summed E-state index contributed by atoms with van der Waals surface area (Å²) in [5.74, 6) is -0.403. The standard InChI is InChI=1S/C17H16BrF3N2O/c1-16(2)9-23(22-15(16)24)14(17(19,20)21)13-5-3-4-10-8-11(18)6-7-12(10)13/h3-8,14H,9H2,1-2H3,(H,22,24)/t14-/m0/s1. The van der Waals surface area contributed by atoms with Crippen LogP contribution in [0.25, 0.3) is 10.8 Å². The summed E-state index contributed by atoms with van der Waals surface area (Å²) in [6.07, 6.45) is -4.52. The minimum Gasteiger partial charge on any atom is -0.287 e. The molecule has 1 N–H and O–H groups in total. The monoisotopic (exact) mass is 400 g/mol. The van der Waals surface area contributed by atoms with Crippen LogP contribution in [0.1, 0.15) is 25.5 Å². The maximum atomic E-state index is 13.8. The molecular weight excluding hydrogens is 385 g/mol. The van der Waals surface area contributed by atoms with E-state index in [0.29, 0.717) is 10.8 Å². The highest BCUT2D eigenvalue weighted by Crippen LogP contribution is 2.42. The Kier molecular flexibility index (Phi) is 4.12. The number of amides is 1. The second-order valence-electron chi connectivity index (χ2n) is 6.61. The molecule has 1 heterocycles. The molecule has 3 rings (SSSR count). The van der Waals surface area contributed by atoms with E-state index in [0.717, 1.165) is 9.48 Å². The molecule has 1 saturated heterocycles. The predicted octanol–water partition coefficient (Wildman–Crippen LogP) is 4.58. The lowest BCUT2D eigenvalue weighted by Gasteiger charge is -2.30. The van der Waals surface area contributed by atoms with Crippen molar-refractivity contribution in [3.05, 3.63) is 46.4 Å². The molecule has 0 unspecified atom stereocenters. The summed E-state index contributed by atoms with van der Waals surface area (Å²) in [7, 11) is 0. The summed E-state index contributed by atoms with van der Waals surface area (Å²) in [5, 5.41) is 2.22. The maximum absolute atomic E-state index is 13.8. The summed E-state index contributed by atoms with van der Waals surface area (Å²) < 4.78 is 42.3. The second-order valence-corrected chi connectivity index (χ2v) is 7.53. The molecule has 2 aromatic rings. The Labute approximate surface area is 145 Å². The van der Waals surface area contributed by atoms with Crippen LogP contribution in [0.5, 0.6) is 0 Å². The lowest BCUT2D eigenvalue weighted by Crippen LogP contribution is -2.43. The number of hydrogen-bond acceptors (Lipinski definition) is 2. The van der Waals surface area contributed by atoms with Crippen molar-refractivity contribution in [2.45, 2.75) is 26.1 Å². The number of carbonyl (C=O) groups is 1. The molecule has 1 fully saturated rings. The Bertz CT molecular complexity index is 804. The van der Waals surface area contributed by atoms with Gasteiger partial charge in [0.1, 0.15) is 0 Å². The molecule has 128 valence electrons. The number of alkyl halides is 3. The van der Waals surface area contributed by atoms with Crippen LogP contribution in [0.15, 0.2) is 40.9 Å². The minimum absolute atomic E-state index is 0.0110. The summed E-state index contributed by atoms with van der Waals surface area (Å²) in [4.78, 5) is 12.0. The number of nitrogens with one attached hydrogen (secondary N) is 1. The highest BCUT2D eigenvalue weighted by Gasteiger charge is 2.51. The van der Waals surface area contributed by atoms with Gasteiger partial charge < -0.3 is 0 Å². The number of rotatable bonds is 2. The van der Waals surface area contributed by atoms with Gasteiger partial charge in [-0.3, -0.25) is 10.2 Å². The van der Waals surface area contributed by atoms with E-state index in [4.69, 9.17) is 0 Å². The van der Waals surface area contributed by atoms with Gasteiger partial charge in [-0.25, -0.2) is 5.01 Å². The molecule has 0 aromatic heterocycles. The molecule has 7 heteroatoms. The van der Waals surface area contributed by atoms with Crippen molar-refractivity contribution in [2.75, 3.05) is 6.54 Å². The van der Waals surface area contributed by atoms with E-state index < -0.39 is 23.5 Å². The van der Waals surface area contributed by atoms with Gasteiger partial charge in [0.05, 0.1) is 5.41 Å². The Hall–Kier alpha value is -1.60. The normalized spacial score (nSPS) is 19.5. The van der Waals surface area contributed by atoms with Crippen LogP contribution in [0.2, 0.25) is 0 Å². The highest BCUT2D eigenvalue weighted by molar-refractivity contribution is 9.10. The molecule has 1 aliphatic heterocycles. The number of fused-ring (bicyclic) bond motifs is 1. The van der Waals surface area contributed by atoms with Gasteiger partial charge >= 0.3 is 6.18 Å². The number of hydrazine groups is 1. The fourth-order valence-corrected chi connectivity index (χ4v) is 3.39. The summed E-state index contributed by atoms with van der Waals surface area (Å²) in [6.45, 7) is 3.26. The third-order valence-electron chi connectivity index (χ3n) is 4.22. The highest BCUT2D eigenvalue weighted by atomic mass is 79.9. The fraction of sp³-hybridized carbons (Fsp3) is 0.353. The third-order valence-corrected chi connectivity index (χ3v) is 4.71. The summed E-state index contributed by atoms with van der Waals surface area (Å²) >= 11 is 3.33. The first-order chi connectivity index (χ1) is 11.1. The van der Waals surface area contributed by atoms with E-state index in [1.54, 1.807) is 44.2 Å². The van der Waals surface area contributed by atoms with Crippen molar-refractivity contribution in [3.63, 3.8) is 0 Å². The van der Waals surface area contributed by atoms with Gasteiger partial charge in [0.2, 0.25) is 5.91 Å². The first-order valence-electron chi connectivity index (χ1n) is 7.42. The lowest BCUT2D eigenvalue weighted by atomic mass is 9.93. The van der Waals surface area contributed by atoms with E-state index in [2.05, 4.69) is 21.4 Å². The number of halogens is 4. The summed E-state index contributed by atoms with van der Waals surface area (Å²) in [6, 6.07) is 8.09. The lowest BCUT2D eigenvalue weighted by molar-refractivity contribution is -0.191. The van der Waals surface area contributed by atoms with E-state index >= 15 is 0 Å². The zero-order chi connectivity index (χ0) is 17.7. The van der Waals surface area contributed by atoms with Gasteiger partial charge in [-0.05, 0) is 42.3 Å². The Morgan fingerprint density at radius 3 is 2.54 bits per heavy atom. The molecule has 0 aliphatic carbocycles. The van der Waals surface area contributed by atoms with Crippen molar-refractivity contribution in [3.8, 4) is 0 Å². The summed E-state index contributed by atoms with van der Waals surface area (Å²) in [5.41, 5.74) is 1.66. The Morgan fingerprint density at radius 2 is 1.96 bits per heavy atom. The van der Waals surface area contributed by atoms with Crippen molar-refractivity contribution in [1.29, 1.82) is 0 Å². The molecule has 0 bridgehead atoms. The van der Waals surface area contributed by atoms with E-state index in [9.17, 15) is 18.0 Å². The van der Waals surface area contributed by atoms with Gasteiger partial charge in [0.15, 0.2) is 6.04 Å². The van der Waals surface area contributed by atoms with Crippen LogP contribution in [0.4, 0.5) is 13.2 Å². The molecule has 3 nitrogen and oxygen atoms in total. The number of hydrogen-bond donors (Lipinski definition) is 1. The molecule has 0 spiro atoms. The molecular formula is C17H16BrF3N2O. The first-order valence-corrected chi connectivity index (χ1v) is 8.21. The molecule has 1 aliphatic rings. The average Bonchev–Trinajstić information content (AvgIpc) is 2.70. The van der Waals surface area contributed by atoms with Crippen LogP contribution in [-0.4, -0.2) is 23.6 Å². The second kappa shape index (κ2) is 5.74. The number of benzene rings is 2. The van der Waals surface area contributed by atoms with Crippen molar-refractivity contribution >= 4 is 32.6 Å². The molecule has 0 radical (unpaired) electrons. The zero-order valence-corrected chi connectivity index (χ0v) is 14.7. The van der Waals surface area contributed by atoms with Crippen LogP contribution >= 0.6 is 15.9 Å². The van der Waals surface area contributed by atoms with Crippen molar-refractivity contribution in [1.82, 2.24) is 10.4 Å². The number of nitrogens with zero attached hydrogens (tertiary/aromatic N) is 1. The minimum atomic E-state index is -4.52. The van der Waals surface area contributed by atoms with Crippen molar-refractivity contribution in [2.24, 2.45) is 5.41 Å². The van der Waals surface area contributed by atoms with Gasteiger partial charge in [0.25, 0.3) is 0 Å². The molecule has 1 atom stereocenters. The van der Waals surface area contributed by atoms with E-state index in [1.165, 1.54) is 6.07 Å². The smallest absolute Gasteiger partial charge is 0.287 e. The zero-order valence-electron chi connectivity index (χ0n) is 13.1. The van der Waals surface area contributed by atoms with Crippen LogP contribution < -0.4 is 5.43 Å². The largest absolute Gasteiger partial charge is 0.409 e. The van der Waals surface area contributed by atoms with Crippen LogP contribution in [-0.2, 0) is 4.79 Å². The molecule has 24 heavy (non-hydrogen) atoms. The van der Waals surface area contributed by atoms with Gasteiger partial charge in [-0.2, -0.15) is 13.2 Å². The van der Waals surface area contributed by atoms with Crippen LogP contribution in [0.3, 0.4) is 0 Å². The van der Waals surface area contributed by atoms with Crippen LogP contribution in [0, 0.1) is 5.41 Å². The van der Waals surface area contributed by atoms with Gasteiger partial charge in [-0.1, -0.05) is 40.2 Å². The Morgan fingerprint density at radius 1 is 1.25 bits per heavy atom. The number of carbonyl (C=O) groups excluding carboxylic acids is 1.